The van der Waals surface area contributed by atoms with Crippen molar-refractivity contribution in [3.63, 3.8) is 0 Å². The minimum Gasteiger partial charge on any atom is -0.478 e. The fourth-order valence-electron chi connectivity index (χ4n) is 3.21. The van der Waals surface area contributed by atoms with Crippen molar-refractivity contribution in [2.24, 2.45) is 16.1 Å². The lowest BCUT2D eigenvalue weighted by Gasteiger charge is -2.46. The number of aliphatic hydroxyl groups excluding tert-OH is 1. The zero-order valence-electron chi connectivity index (χ0n) is 15.5. The van der Waals surface area contributed by atoms with Gasteiger partial charge in [-0.15, -0.1) is 10.2 Å². The maximum absolute atomic E-state index is 13.7. The van der Waals surface area contributed by atoms with Gasteiger partial charge in [0.15, 0.2) is 0 Å². The van der Waals surface area contributed by atoms with Gasteiger partial charge in [0.1, 0.15) is 0 Å². The first kappa shape index (κ1) is 21.3. The van der Waals surface area contributed by atoms with Gasteiger partial charge in [-0.1, -0.05) is 29.8 Å². The Morgan fingerprint density at radius 3 is 2.45 bits per heavy atom. The highest BCUT2D eigenvalue weighted by atomic mass is 35.5. The van der Waals surface area contributed by atoms with Crippen LogP contribution in [0.2, 0.25) is 5.02 Å². The Balaban J connectivity index is 1.57. The van der Waals surface area contributed by atoms with Gasteiger partial charge in [-0.3, -0.25) is 0 Å². The number of aromatic hydroxyl groups is 1. The van der Waals surface area contributed by atoms with Crippen LogP contribution in [0.15, 0.2) is 63.2 Å². The van der Waals surface area contributed by atoms with Crippen molar-refractivity contribution < 1.29 is 32.2 Å². The monoisotopic (exact) mass is 455 g/mol. The van der Waals surface area contributed by atoms with E-state index in [1.165, 1.54) is 12.1 Å². The van der Waals surface area contributed by atoms with Gasteiger partial charge in [-0.05, 0) is 30.3 Å². The molecule has 6 nitrogen and oxygen atoms in total. The smallest absolute Gasteiger partial charge is 0.332 e. The number of azo groups is 1. The summed E-state index contributed by atoms with van der Waals surface area (Å²) >= 11 is 5.96. The van der Waals surface area contributed by atoms with Crippen molar-refractivity contribution in [3.05, 3.63) is 59.1 Å². The minimum absolute atomic E-state index is 0.0662. The zero-order valence-corrected chi connectivity index (χ0v) is 16.3. The summed E-state index contributed by atoms with van der Waals surface area (Å²) in [6, 6.07) is 12.5. The number of rotatable bonds is 5. The van der Waals surface area contributed by atoms with Crippen molar-refractivity contribution in [2.75, 3.05) is 0 Å². The number of benzene rings is 2. The summed E-state index contributed by atoms with van der Waals surface area (Å²) < 4.78 is 58.7. The van der Waals surface area contributed by atoms with Crippen molar-refractivity contribution >= 4 is 23.1 Å². The Hall–Kier alpha value is -2.98. The van der Waals surface area contributed by atoms with Gasteiger partial charge in [-0.2, -0.15) is 22.5 Å². The molecule has 1 saturated carbocycles. The molecule has 0 radical (unpaired) electrons. The predicted molar refractivity (Wildman–Crippen MR) is 102 cm³/mol. The predicted octanol–water partition coefficient (Wildman–Crippen LogP) is 6.44. The summed E-state index contributed by atoms with van der Waals surface area (Å²) in [5.74, 6) is -11.2. The minimum atomic E-state index is -4.35. The van der Waals surface area contributed by atoms with E-state index in [2.05, 4.69) is 15.2 Å². The van der Waals surface area contributed by atoms with Crippen molar-refractivity contribution in [1.29, 1.82) is 0 Å². The van der Waals surface area contributed by atoms with Crippen molar-refractivity contribution in [3.8, 4) is 17.4 Å². The highest BCUT2D eigenvalue weighted by Gasteiger charge is 2.73. The molecule has 1 heterocycles. The first-order chi connectivity index (χ1) is 14.6. The lowest BCUT2D eigenvalue weighted by molar-refractivity contribution is -0.331. The average molecular weight is 456 g/mol. The lowest BCUT2D eigenvalue weighted by Crippen LogP contribution is -2.60. The van der Waals surface area contributed by atoms with Gasteiger partial charge >= 0.3 is 17.8 Å². The molecule has 3 aromatic rings. The van der Waals surface area contributed by atoms with Gasteiger partial charge in [0, 0.05) is 22.6 Å². The Labute approximate surface area is 177 Å². The van der Waals surface area contributed by atoms with Crippen LogP contribution in [0.25, 0.3) is 11.5 Å². The highest BCUT2D eigenvalue weighted by molar-refractivity contribution is 6.31. The molecule has 2 unspecified atom stereocenters. The van der Waals surface area contributed by atoms with E-state index in [-0.39, 0.29) is 28.0 Å². The van der Waals surface area contributed by atoms with Gasteiger partial charge in [0.05, 0.1) is 17.7 Å². The molecule has 2 atom stereocenters. The highest BCUT2D eigenvalue weighted by Crippen LogP contribution is 2.59. The van der Waals surface area contributed by atoms with E-state index in [4.69, 9.17) is 16.0 Å². The van der Waals surface area contributed by atoms with Gasteiger partial charge in [0.25, 0.3) is 5.82 Å². The van der Waals surface area contributed by atoms with E-state index in [0.29, 0.717) is 5.56 Å². The molecular weight excluding hydrogens is 442 g/mol. The number of aliphatic hydroxyl groups is 1. The molecule has 1 aliphatic carbocycles. The molecule has 0 spiro atoms. The zero-order chi connectivity index (χ0) is 22.4. The fraction of sp³-hybridized carbons (Fsp3) is 0.250. The summed E-state index contributed by atoms with van der Waals surface area (Å²) in [6.45, 7) is 0. The first-order valence-electron chi connectivity index (χ1n) is 9.00. The molecule has 0 bridgehead atoms. The third-order valence-electron chi connectivity index (χ3n) is 4.98. The van der Waals surface area contributed by atoms with Crippen LogP contribution < -0.4 is 0 Å². The van der Waals surface area contributed by atoms with Crippen LogP contribution in [-0.4, -0.2) is 27.0 Å². The first-order valence-corrected chi connectivity index (χ1v) is 9.38. The summed E-state index contributed by atoms with van der Waals surface area (Å²) in [4.78, 5) is 4.02. The number of halogens is 5. The van der Waals surface area contributed by atoms with E-state index < -0.39 is 36.2 Å². The summed E-state index contributed by atoms with van der Waals surface area (Å²) in [6.07, 6.45) is -3.10. The maximum Gasteiger partial charge on any atom is 0.332 e. The van der Waals surface area contributed by atoms with Crippen LogP contribution in [0.3, 0.4) is 0 Å². The molecule has 0 amide bonds. The van der Waals surface area contributed by atoms with E-state index in [1.807, 2.05) is 0 Å². The van der Waals surface area contributed by atoms with E-state index in [1.54, 1.807) is 30.3 Å². The second kappa shape index (κ2) is 7.61. The van der Waals surface area contributed by atoms with Gasteiger partial charge < -0.3 is 14.6 Å². The fourth-order valence-corrected chi connectivity index (χ4v) is 3.44. The molecule has 2 aromatic carbocycles. The van der Waals surface area contributed by atoms with Crippen molar-refractivity contribution in [1.82, 2.24) is 4.98 Å². The average Bonchev–Trinajstić information content (AvgIpc) is 3.12. The molecule has 1 fully saturated rings. The molecule has 0 saturated heterocycles. The molecule has 162 valence electrons. The van der Waals surface area contributed by atoms with Gasteiger partial charge in [-0.25, -0.2) is 0 Å². The number of oxazole rings is 1. The second-order valence-electron chi connectivity index (χ2n) is 7.00. The molecule has 1 aliphatic rings. The molecule has 1 aromatic heterocycles. The second-order valence-corrected chi connectivity index (χ2v) is 7.41. The molecule has 31 heavy (non-hydrogen) atoms. The number of nitrogens with zero attached hydrogens (tertiary/aromatic N) is 3. The molecule has 4 rings (SSSR count). The summed E-state index contributed by atoms with van der Waals surface area (Å²) in [5, 5.41) is 27.6. The van der Waals surface area contributed by atoms with Crippen LogP contribution in [0.4, 0.5) is 29.1 Å². The van der Waals surface area contributed by atoms with Crippen molar-refractivity contribution in [2.45, 2.75) is 24.4 Å². The quantitative estimate of drug-likeness (QED) is 0.342. The third-order valence-corrected chi connectivity index (χ3v) is 5.33. The van der Waals surface area contributed by atoms with Crippen LogP contribution in [0.5, 0.6) is 5.95 Å². The van der Waals surface area contributed by atoms with Gasteiger partial charge in [0.2, 0.25) is 5.89 Å². The standard InChI is InChI=1S/C20H14ClF4N3O3/c21-14-7-6-11(8-12(14)15(29)13-9-19(22,23)20(13,24)25)27-28-16-18(30)31-17(26-16)10-4-2-1-3-5-10/h1-8,13,15,29-30H,9H2. The molecule has 2 N–H and O–H groups in total. The number of hydrogen-bond donors (Lipinski definition) is 2. The van der Waals surface area contributed by atoms with Crippen LogP contribution in [-0.2, 0) is 0 Å². The lowest BCUT2D eigenvalue weighted by atomic mass is 9.71. The van der Waals surface area contributed by atoms with Crippen LogP contribution in [0.1, 0.15) is 18.1 Å². The topological polar surface area (TPSA) is 91.2 Å². The summed E-state index contributed by atoms with van der Waals surface area (Å²) in [5.41, 5.74) is 0.471. The molecule has 0 aliphatic heterocycles. The summed E-state index contributed by atoms with van der Waals surface area (Å²) in [7, 11) is 0. The van der Waals surface area contributed by atoms with E-state index >= 15 is 0 Å². The maximum atomic E-state index is 13.7. The normalized spacial score (nSPS) is 20.5. The molecule has 11 heteroatoms. The third kappa shape index (κ3) is 3.77. The van der Waals surface area contributed by atoms with E-state index in [9.17, 15) is 27.8 Å². The van der Waals surface area contributed by atoms with Crippen LogP contribution in [0, 0.1) is 5.92 Å². The number of hydrogen-bond acceptors (Lipinski definition) is 6. The Morgan fingerprint density at radius 2 is 1.81 bits per heavy atom. The Bertz CT molecular complexity index is 1140. The number of aromatic nitrogens is 1. The molecular formula is C20H14ClF4N3O3. The van der Waals surface area contributed by atoms with E-state index in [0.717, 1.165) is 6.07 Å². The number of alkyl halides is 4. The SMILES string of the molecule is Oc1oc(-c2ccccc2)nc1N=Nc1ccc(Cl)c(C(O)C2CC(F)(F)C2(F)F)c1. The Kier molecular flexibility index (Phi) is 5.22. The van der Waals surface area contributed by atoms with Crippen LogP contribution >= 0.6 is 11.6 Å². The Morgan fingerprint density at radius 1 is 1.10 bits per heavy atom. The largest absolute Gasteiger partial charge is 0.478 e.